The molecule has 0 fully saturated rings. The molecule has 12 heteroatoms. The largest absolute Gasteiger partial charge is 0.416 e. The van der Waals surface area contributed by atoms with E-state index in [-0.39, 0.29) is 18.0 Å². The molecule has 0 unspecified atom stereocenters. The van der Waals surface area contributed by atoms with Gasteiger partial charge in [0, 0.05) is 13.1 Å². The summed E-state index contributed by atoms with van der Waals surface area (Å²) in [6, 6.07) is 8.53. The van der Waals surface area contributed by atoms with E-state index in [9.17, 15) is 31.2 Å². The fourth-order valence-corrected chi connectivity index (χ4v) is 4.82. The van der Waals surface area contributed by atoms with E-state index in [1.54, 1.807) is 26.0 Å². The van der Waals surface area contributed by atoms with Crippen LogP contribution >= 0.6 is 11.6 Å². The third kappa shape index (κ3) is 7.60. The van der Waals surface area contributed by atoms with Crippen LogP contribution in [0.5, 0.6) is 0 Å². The number of hydrogen-bond acceptors (Lipinski definition) is 4. The van der Waals surface area contributed by atoms with Gasteiger partial charge in [-0.1, -0.05) is 48.4 Å². The summed E-state index contributed by atoms with van der Waals surface area (Å²) >= 11 is 6.08. The highest BCUT2D eigenvalue weighted by Gasteiger charge is 2.35. The highest BCUT2D eigenvalue weighted by Crippen LogP contribution is 2.36. The minimum absolute atomic E-state index is 0.00984. The molecule has 0 saturated heterocycles. The molecule has 0 saturated carbocycles. The van der Waals surface area contributed by atoms with E-state index in [4.69, 9.17) is 11.6 Å². The maximum Gasteiger partial charge on any atom is 0.416 e. The van der Waals surface area contributed by atoms with Crippen LogP contribution in [0.1, 0.15) is 37.0 Å². The lowest BCUT2D eigenvalue weighted by molar-refractivity contribution is -0.140. The van der Waals surface area contributed by atoms with E-state index >= 15 is 0 Å². The van der Waals surface area contributed by atoms with Crippen molar-refractivity contribution in [2.24, 2.45) is 0 Å². The second-order valence-corrected chi connectivity index (χ2v) is 10.6. The van der Waals surface area contributed by atoms with Crippen LogP contribution in [0, 0.1) is 6.92 Å². The predicted octanol–water partition coefficient (Wildman–Crippen LogP) is 4.38. The highest BCUT2D eigenvalue weighted by molar-refractivity contribution is 7.92. The molecule has 0 aliphatic rings. The maximum atomic E-state index is 13.5. The zero-order valence-electron chi connectivity index (χ0n) is 20.4. The van der Waals surface area contributed by atoms with Crippen LogP contribution < -0.4 is 9.62 Å². The molecule has 0 spiro atoms. The van der Waals surface area contributed by atoms with E-state index in [0.717, 1.165) is 24.0 Å². The van der Waals surface area contributed by atoms with Gasteiger partial charge >= 0.3 is 6.18 Å². The summed E-state index contributed by atoms with van der Waals surface area (Å²) in [5.41, 5.74) is 0.0193. The third-order valence-electron chi connectivity index (χ3n) is 5.39. The Morgan fingerprint density at radius 3 is 2.31 bits per heavy atom. The number of benzene rings is 2. The zero-order valence-corrected chi connectivity index (χ0v) is 22.0. The summed E-state index contributed by atoms with van der Waals surface area (Å²) < 4.78 is 65.7. The Kier molecular flexibility index (Phi) is 9.78. The topological polar surface area (TPSA) is 86.8 Å². The van der Waals surface area contributed by atoms with Gasteiger partial charge in [0.25, 0.3) is 0 Å². The fourth-order valence-electron chi connectivity index (χ4n) is 3.69. The first-order valence-corrected chi connectivity index (χ1v) is 13.4. The summed E-state index contributed by atoms with van der Waals surface area (Å²) in [7, 11) is -4.24. The van der Waals surface area contributed by atoms with Crippen molar-refractivity contribution >= 4 is 39.1 Å². The van der Waals surface area contributed by atoms with Crippen molar-refractivity contribution in [1.82, 2.24) is 10.2 Å². The van der Waals surface area contributed by atoms with Crippen molar-refractivity contribution in [2.45, 2.75) is 46.0 Å². The minimum Gasteiger partial charge on any atom is -0.355 e. The smallest absolute Gasteiger partial charge is 0.355 e. The standard InChI is InChI=1S/C24H29ClF3N3O4S/c1-5-20(23(33)29-6-2)30(14-17-9-7-8-16(3)12-17)22(32)15-31(36(4,34)35)21-13-18(24(26,27)28)10-11-19(21)25/h7-13,20H,5-6,14-15H2,1-4H3,(H,29,33)/t20-/m0/s1. The summed E-state index contributed by atoms with van der Waals surface area (Å²) in [5.74, 6) is -1.20. The molecule has 0 aliphatic carbocycles. The summed E-state index contributed by atoms with van der Waals surface area (Å²) in [6.45, 7) is 4.74. The second kappa shape index (κ2) is 12.0. The molecule has 2 aromatic carbocycles. The quantitative estimate of drug-likeness (QED) is 0.478. The van der Waals surface area contributed by atoms with Crippen molar-refractivity contribution in [3.63, 3.8) is 0 Å². The van der Waals surface area contributed by atoms with Crippen LogP contribution in [0.15, 0.2) is 42.5 Å². The van der Waals surface area contributed by atoms with E-state index in [1.807, 2.05) is 19.1 Å². The number of nitrogens with zero attached hydrogens (tertiary/aromatic N) is 2. The Morgan fingerprint density at radius 2 is 1.78 bits per heavy atom. The normalized spacial score (nSPS) is 12.7. The Balaban J connectivity index is 2.54. The van der Waals surface area contributed by atoms with Crippen molar-refractivity contribution in [3.8, 4) is 0 Å². The first kappa shape index (κ1) is 29.4. The van der Waals surface area contributed by atoms with Crippen molar-refractivity contribution in [2.75, 3.05) is 23.7 Å². The van der Waals surface area contributed by atoms with Crippen molar-refractivity contribution in [3.05, 3.63) is 64.2 Å². The number of sulfonamides is 1. The lowest BCUT2D eigenvalue weighted by Crippen LogP contribution is -2.52. The van der Waals surface area contributed by atoms with E-state index in [2.05, 4.69) is 5.32 Å². The van der Waals surface area contributed by atoms with Crippen LogP contribution in [0.25, 0.3) is 0 Å². The fraction of sp³-hybridized carbons (Fsp3) is 0.417. The van der Waals surface area contributed by atoms with Gasteiger partial charge < -0.3 is 10.2 Å². The van der Waals surface area contributed by atoms with Crippen LogP contribution in [-0.2, 0) is 32.3 Å². The van der Waals surface area contributed by atoms with Gasteiger partial charge in [-0.2, -0.15) is 13.2 Å². The molecule has 7 nitrogen and oxygen atoms in total. The highest BCUT2D eigenvalue weighted by atomic mass is 35.5. The van der Waals surface area contributed by atoms with Gasteiger partial charge in [0.15, 0.2) is 0 Å². The van der Waals surface area contributed by atoms with E-state index < -0.39 is 51.9 Å². The lowest BCUT2D eigenvalue weighted by atomic mass is 10.1. The van der Waals surface area contributed by atoms with Gasteiger partial charge in [-0.15, -0.1) is 0 Å². The number of carbonyl (C=O) groups is 2. The molecule has 0 bridgehead atoms. The number of likely N-dealkylation sites (N-methyl/N-ethyl adjacent to an activating group) is 1. The molecule has 1 N–H and O–H groups in total. The molecular weight excluding hydrogens is 519 g/mol. The number of alkyl halides is 3. The molecule has 2 rings (SSSR count). The Morgan fingerprint density at radius 1 is 1.11 bits per heavy atom. The number of rotatable bonds is 10. The monoisotopic (exact) mass is 547 g/mol. The third-order valence-corrected chi connectivity index (χ3v) is 6.84. The van der Waals surface area contributed by atoms with Crippen LogP contribution in [0.4, 0.5) is 18.9 Å². The van der Waals surface area contributed by atoms with Gasteiger partial charge in [0.1, 0.15) is 12.6 Å². The molecule has 0 heterocycles. The van der Waals surface area contributed by atoms with Gasteiger partial charge in [0.05, 0.1) is 22.5 Å². The van der Waals surface area contributed by atoms with E-state index in [1.165, 1.54) is 4.90 Å². The van der Waals surface area contributed by atoms with Crippen LogP contribution in [-0.4, -0.2) is 50.5 Å². The van der Waals surface area contributed by atoms with Gasteiger partial charge in [-0.05, 0) is 44.0 Å². The SMILES string of the molecule is CCNC(=O)[C@H](CC)N(Cc1cccc(C)c1)C(=O)CN(c1cc(C(F)(F)F)ccc1Cl)S(C)(=O)=O. The average molecular weight is 548 g/mol. The Bertz CT molecular complexity index is 1210. The number of nitrogens with one attached hydrogen (secondary N) is 1. The summed E-state index contributed by atoms with van der Waals surface area (Å²) in [4.78, 5) is 27.5. The molecular formula is C24H29ClF3N3O4S. The maximum absolute atomic E-state index is 13.5. The van der Waals surface area contributed by atoms with Crippen molar-refractivity contribution < 1.29 is 31.2 Å². The molecule has 198 valence electrons. The van der Waals surface area contributed by atoms with Crippen molar-refractivity contribution in [1.29, 1.82) is 0 Å². The molecule has 2 amide bonds. The minimum atomic E-state index is -4.75. The summed E-state index contributed by atoms with van der Waals surface area (Å²) in [5, 5.41) is 2.39. The van der Waals surface area contributed by atoms with Crippen LogP contribution in [0.2, 0.25) is 5.02 Å². The molecule has 0 aliphatic heterocycles. The zero-order chi connectivity index (χ0) is 27.3. The molecule has 1 atom stereocenters. The average Bonchev–Trinajstić information content (AvgIpc) is 2.76. The number of halogens is 4. The Labute approximate surface area is 214 Å². The van der Waals surface area contributed by atoms with Gasteiger partial charge in [-0.25, -0.2) is 8.42 Å². The van der Waals surface area contributed by atoms with E-state index in [0.29, 0.717) is 22.5 Å². The number of anilines is 1. The Hall–Kier alpha value is -2.79. The second-order valence-electron chi connectivity index (χ2n) is 8.26. The first-order valence-electron chi connectivity index (χ1n) is 11.2. The molecule has 36 heavy (non-hydrogen) atoms. The number of hydrogen-bond donors (Lipinski definition) is 1. The molecule has 0 aromatic heterocycles. The lowest BCUT2D eigenvalue weighted by Gasteiger charge is -2.33. The van der Waals surface area contributed by atoms with Crippen LogP contribution in [0.3, 0.4) is 0 Å². The number of amides is 2. The predicted molar refractivity (Wildman–Crippen MR) is 133 cm³/mol. The van der Waals surface area contributed by atoms with Gasteiger partial charge in [0.2, 0.25) is 21.8 Å². The number of carbonyl (C=O) groups excluding carboxylic acids is 2. The molecule has 2 aromatic rings. The molecule has 0 radical (unpaired) electrons. The first-order chi connectivity index (χ1) is 16.7. The van der Waals surface area contributed by atoms with Gasteiger partial charge in [-0.3, -0.25) is 13.9 Å². The number of aryl methyl sites for hydroxylation is 1. The summed E-state index contributed by atoms with van der Waals surface area (Å²) in [6.07, 6.45) is -3.76.